The van der Waals surface area contributed by atoms with E-state index < -0.39 is 0 Å². The Bertz CT molecular complexity index is 612. The van der Waals surface area contributed by atoms with E-state index in [1.54, 1.807) is 0 Å². The van der Waals surface area contributed by atoms with E-state index in [2.05, 4.69) is 16.6 Å². The summed E-state index contributed by atoms with van der Waals surface area (Å²) >= 11 is 1.46. The summed E-state index contributed by atoms with van der Waals surface area (Å²) in [5.74, 6) is 5.58. The third-order valence-corrected chi connectivity index (χ3v) is 4.46. The van der Waals surface area contributed by atoms with Crippen molar-refractivity contribution in [3.05, 3.63) is 39.3 Å². The number of thiophene rings is 1. The second-order valence-corrected chi connectivity index (χ2v) is 6.13. The molecule has 5 nitrogen and oxygen atoms in total. The summed E-state index contributed by atoms with van der Waals surface area (Å²) in [4.78, 5) is 13.3. The van der Waals surface area contributed by atoms with Crippen molar-refractivity contribution in [2.45, 2.75) is 32.2 Å². The van der Waals surface area contributed by atoms with Crippen LogP contribution in [0.15, 0.2) is 18.3 Å². The molecule has 0 bridgehead atoms. The van der Waals surface area contributed by atoms with Crippen LogP contribution in [0.4, 0.5) is 0 Å². The largest absolute Gasteiger partial charge is 0.289 e. The van der Waals surface area contributed by atoms with Crippen molar-refractivity contribution in [1.29, 1.82) is 0 Å². The number of carbonyl (C=O) groups excluding carboxylic acids is 1. The van der Waals surface area contributed by atoms with E-state index in [9.17, 15) is 4.79 Å². The van der Waals surface area contributed by atoms with Gasteiger partial charge in [0.1, 0.15) is 0 Å². The van der Waals surface area contributed by atoms with Gasteiger partial charge in [0.25, 0.3) is 5.91 Å². The number of hydrazine groups is 1. The minimum atomic E-state index is -0.238. The fourth-order valence-corrected chi connectivity index (χ4v) is 3.03. The number of aromatic nitrogens is 2. The third kappa shape index (κ3) is 2.54. The highest BCUT2D eigenvalue weighted by Gasteiger charge is 2.25. The highest BCUT2D eigenvalue weighted by atomic mass is 32.1. The molecule has 6 heteroatoms. The first-order valence-electron chi connectivity index (χ1n) is 6.31. The number of hydrogen-bond donors (Lipinski definition) is 2. The number of nitrogen functional groups attached to an aromatic ring is 1. The van der Waals surface area contributed by atoms with Gasteiger partial charge in [-0.05, 0) is 37.5 Å². The third-order valence-electron chi connectivity index (χ3n) is 3.36. The van der Waals surface area contributed by atoms with Crippen LogP contribution in [0.5, 0.6) is 0 Å². The van der Waals surface area contributed by atoms with Crippen LogP contribution >= 0.6 is 11.3 Å². The van der Waals surface area contributed by atoms with Crippen molar-refractivity contribution in [1.82, 2.24) is 15.2 Å². The molecule has 0 atom stereocenters. The molecule has 3 N–H and O–H groups in total. The van der Waals surface area contributed by atoms with E-state index in [-0.39, 0.29) is 5.91 Å². The molecule has 1 aliphatic rings. The predicted molar refractivity (Wildman–Crippen MR) is 74.0 cm³/mol. The molecule has 100 valence electrons. The maximum Gasteiger partial charge on any atom is 0.275 e. The number of amides is 1. The van der Waals surface area contributed by atoms with Crippen LogP contribution in [0.25, 0.3) is 0 Å². The van der Waals surface area contributed by atoms with Gasteiger partial charge in [0.15, 0.2) is 0 Å². The lowest BCUT2D eigenvalue weighted by atomic mass is 10.2. The summed E-state index contributed by atoms with van der Waals surface area (Å²) < 4.78 is 1.94. The molecule has 19 heavy (non-hydrogen) atoms. The van der Waals surface area contributed by atoms with Crippen LogP contribution in [0.3, 0.4) is 0 Å². The molecule has 3 rings (SSSR count). The van der Waals surface area contributed by atoms with E-state index in [4.69, 9.17) is 5.84 Å². The average Bonchev–Trinajstić information content (AvgIpc) is 3.06. The molecule has 1 aliphatic carbocycles. The Kier molecular flexibility index (Phi) is 3.12. The number of nitrogens with one attached hydrogen (secondary N) is 1. The first-order chi connectivity index (χ1) is 9.17. The van der Waals surface area contributed by atoms with E-state index in [1.807, 2.05) is 23.9 Å². The van der Waals surface area contributed by atoms with Gasteiger partial charge in [0.2, 0.25) is 0 Å². The monoisotopic (exact) mass is 276 g/mol. The quantitative estimate of drug-likeness (QED) is 0.508. The number of carbonyl (C=O) groups is 1. The van der Waals surface area contributed by atoms with Crippen molar-refractivity contribution in [3.8, 4) is 0 Å². The van der Waals surface area contributed by atoms with E-state index in [0.717, 1.165) is 10.4 Å². The molecule has 2 aromatic heterocycles. The SMILES string of the molecule is Cc1sc(C(=O)NN)cc1Cn1ccc(C2CC2)n1. The maximum absolute atomic E-state index is 11.5. The molecule has 0 aliphatic heterocycles. The van der Waals surface area contributed by atoms with Gasteiger partial charge >= 0.3 is 0 Å². The summed E-state index contributed by atoms with van der Waals surface area (Å²) in [6.07, 6.45) is 4.53. The van der Waals surface area contributed by atoms with Crippen LogP contribution in [0.2, 0.25) is 0 Å². The second-order valence-electron chi connectivity index (χ2n) is 4.88. The highest BCUT2D eigenvalue weighted by Crippen LogP contribution is 2.38. The zero-order valence-electron chi connectivity index (χ0n) is 10.7. The van der Waals surface area contributed by atoms with Gasteiger partial charge in [0, 0.05) is 17.0 Å². The van der Waals surface area contributed by atoms with Gasteiger partial charge in [-0.2, -0.15) is 5.10 Å². The molecule has 0 radical (unpaired) electrons. The summed E-state index contributed by atoms with van der Waals surface area (Å²) in [6.45, 7) is 2.71. The Morgan fingerprint density at radius 3 is 3.11 bits per heavy atom. The Balaban J connectivity index is 1.77. The normalized spacial score (nSPS) is 14.6. The zero-order valence-corrected chi connectivity index (χ0v) is 11.5. The summed E-state index contributed by atoms with van der Waals surface area (Å²) in [6, 6.07) is 3.98. The molecular formula is C13H16N4OS. The molecule has 1 fully saturated rings. The molecule has 0 aromatic carbocycles. The molecule has 2 heterocycles. The highest BCUT2D eigenvalue weighted by molar-refractivity contribution is 7.14. The van der Waals surface area contributed by atoms with Crippen molar-refractivity contribution < 1.29 is 4.79 Å². The molecule has 0 saturated heterocycles. The first-order valence-corrected chi connectivity index (χ1v) is 7.12. The number of nitrogens with two attached hydrogens (primary N) is 1. The topological polar surface area (TPSA) is 72.9 Å². The summed E-state index contributed by atoms with van der Waals surface area (Å²) in [5.41, 5.74) is 4.47. The van der Waals surface area contributed by atoms with Crippen LogP contribution in [-0.2, 0) is 6.54 Å². The fraction of sp³-hybridized carbons (Fsp3) is 0.385. The maximum atomic E-state index is 11.5. The average molecular weight is 276 g/mol. The van der Waals surface area contributed by atoms with Gasteiger partial charge in [0.05, 0.1) is 17.1 Å². The Morgan fingerprint density at radius 2 is 2.42 bits per heavy atom. The van der Waals surface area contributed by atoms with Gasteiger partial charge in [-0.25, -0.2) is 5.84 Å². The zero-order chi connectivity index (χ0) is 13.4. The van der Waals surface area contributed by atoms with Crippen molar-refractivity contribution in [2.75, 3.05) is 0 Å². The minimum absolute atomic E-state index is 0.238. The Hall–Kier alpha value is -1.66. The lowest BCUT2D eigenvalue weighted by Gasteiger charge is -2.00. The lowest BCUT2D eigenvalue weighted by molar-refractivity contribution is 0.0957. The summed E-state index contributed by atoms with van der Waals surface area (Å²) in [5, 5.41) is 4.58. The molecular weight excluding hydrogens is 260 g/mol. The van der Waals surface area contributed by atoms with Crippen molar-refractivity contribution >= 4 is 17.2 Å². The Morgan fingerprint density at radius 1 is 1.63 bits per heavy atom. The van der Waals surface area contributed by atoms with Crippen LogP contribution < -0.4 is 11.3 Å². The second kappa shape index (κ2) is 4.79. The van der Waals surface area contributed by atoms with Gasteiger partial charge in [-0.1, -0.05) is 0 Å². The lowest BCUT2D eigenvalue weighted by Crippen LogP contribution is -2.29. The number of nitrogens with zero attached hydrogens (tertiary/aromatic N) is 2. The van der Waals surface area contributed by atoms with E-state index in [1.165, 1.54) is 29.9 Å². The van der Waals surface area contributed by atoms with Gasteiger partial charge in [-0.15, -0.1) is 11.3 Å². The van der Waals surface area contributed by atoms with Gasteiger partial charge < -0.3 is 0 Å². The summed E-state index contributed by atoms with van der Waals surface area (Å²) in [7, 11) is 0. The first kappa shape index (κ1) is 12.4. The standard InChI is InChI=1S/C13H16N4OS/c1-8-10(6-12(19-8)13(18)15-14)7-17-5-4-11(16-17)9-2-3-9/h4-6,9H,2-3,7,14H2,1H3,(H,15,18). The Labute approximate surface area is 115 Å². The van der Waals surface area contributed by atoms with Gasteiger partial charge in [-0.3, -0.25) is 14.9 Å². The molecule has 0 spiro atoms. The minimum Gasteiger partial charge on any atom is -0.289 e. The van der Waals surface area contributed by atoms with E-state index in [0.29, 0.717) is 17.3 Å². The van der Waals surface area contributed by atoms with Crippen LogP contribution in [0, 0.1) is 6.92 Å². The number of hydrogen-bond acceptors (Lipinski definition) is 4. The number of rotatable bonds is 4. The molecule has 2 aromatic rings. The van der Waals surface area contributed by atoms with Crippen LogP contribution in [0.1, 0.15) is 44.6 Å². The number of aryl methyl sites for hydroxylation is 1. The molecule has 1 amide bonds. The molecule has 0 unspecified atom stereocenters. The van der Waals surface area contributed by atoms with Crippen molar-refractivity contribution in [2.24, 2.45) is 5.84 Å². The predicted octanol–water partition coefficient (Wildman–Crippen LogP) is 1.78. The van der Waals surface area contributed by atoms with E-state index >= 15 is 0 Å². The van der Waals surface area contributed by atoms with Crippen LogP contribution in [-0.4, -0.2) is 15.7 Å². The molecule has 1 saturated carbocycles. The van der Waals surface area contributed by atoms with Crippen molar-refractivity contribution in [3.63, 3.8) is 0 Å². The smallest absolute Gasteiger partial charge is 0.275 e. The fourth-order valence-electron chi connectivity index (χ4n) is 2.10.